The van der Waals surface area contributed by atoms with Gasteiger partial charge in [0, 0.05) is 6.54 Å². The highest BCUT2D eigenvalue weighted by Crippen LogP contribution is 2.34. The summed E-state index contributed by atoms with van der Waals surface area (Å²) in [7, 11) is 0. The van der Waals surface area contributed by atoms with E-state index in [1.807, 2.05) is 0 Å². The van der Waals surface area contributed by atoms with Gasteiger partial charge in [0.2, 0.25) is 0 Å². The molecule has 0 aliphatic carbocycles. The van der Waals surface area contributed by atoms with E-state index in [0.29, 0.717) is 9.75 Å². The molecule has 22 heavy (non-hydrogen) atoms. The molecule has 2 N–H and O–H groups in total. The second kappa shape index (κ2) is 6.96. The van der Waals surface area contributed by atoms with Gasteiger partial charge in [0.25, 0.3) is 5.91 Å². The third-order valence-corrected chi connectivity index (χ3v) is 4.42. The van der Waals surface area contributed by atoms with E-state index in [2.05, 4.69) is 10.4 Å². The molecule has 0 spiro atoms. The Morgan fingerprint density at radius 2 is 2.18 bits per heavy atom. The van der Waals surface area contributed by atoms with Crippen LogP contribution in [0.15, 0.2) is 18.2 Å². The second-order valence-electron chi connectivity index (χ2n) is 4.18. The maximum absolute atomic E-state index is 12.9. The first-order valence-electron chi connectivity index (χ1n) is 6.07. The molecule has 2 aromatic heterocycles. The smallest absolute Gasteiger partial charge is 0.395 e. The topological polar surface area (TPSA) is 67.2 Å². The molecule has 2 rings (SSSR count). The molecule has 0 atom stereocenters. The molecular formula is C12H11F3IN3O2S. The zero-order chi connectivity index (χ0) is 16.3. The molecule has 5 nitrogen and oxygen atoms in total. The molecule has 0 radical (unpaired) electrons. The predicted molar refractivity (Wildman–Crippen MR) is 84.0 cm³/mol. The number of alkyl halides is 4. The van der Waals surface area contributed by atoms with E-state index >= 15 is 0 Å². The van der Waals surface area contributed by atoms with E-state index < -0.39 is 11.9 Å². The van der Waals surface area contributed by atoms with E-state index in [4.69, 9.17) is 5.11 Å². The quantitative estimate of drug-likeness (QED) is 0.550. The monoisotopic (exact) mass is 445 g/mol. The number of aliphatic hydroxyl groups excluding tert-OH is 1. The number of nitrogens with zero attached hydrogens (tertiary/aromatic N) is 2. The number of carbonyl (C=O) groups excluding carboxylic acids is 1. The molecule has 0 aromatic carbocycles. The van der Waals surface area contributed by atoms with Crippen molar-refractivity contribution in [1.29, 1.82) is 0 Å². The van der Waals surface area contributed by atoms with Gasteiger partial charge in [-0.15, -0.1) is 11.3 Å². The summed E-state index contributed by atoms with van der Waals surface area (Å²) >= 11 is 2.85. The van der Waals surface area contributed by atoms with Crippen LogP contribution in [-0.2, 0) is 10.7 Å². The summed E-state index contributed by atoms with van der Waals surface area (Å²) in [4.78, 5) is 12.5. The molecule has 0 aliphatic rings. The number of nitrogens with one attached hydrogen (secondary N) is 1. The number of carbonyl (C=O) groups is 1. The lowest BCUT2D eigenvalue weighted by Crippen LogP contribution is -2.25. The Morgan fingerprint density at radius 3 is 2.73 bits per heavy atom. The second-order valence-corrected chi connectivity index (χ2v) is 5.94. The van der Waals surface area contributed by atoms with E-state index in [0.717, 1.165) is 22.1 Å². The van der Waals surface area contributed by atoms with Gasteiger partial charge in [-0.2, -0.15) is 18.3 Å². The van der Waals surface area contributed by atoms with Gasteiger partial charge in [-0.1, -0.05) is 22.6 Å². The first kappa shape index (κ1) is 17.2. The van der Waals surface area contributed by atoms with Crippen LogP contribution in [0.3, 0.4) is 0 Å². The minimum absolute atomic E-state index is 0.0713. The standard InChI is InChI=1S/C12H11F3IN3O2S/c13-12(14,15)10-5-7(18-19(10)6-16)8-1-2-9(22-8)11(21)17-3-4-20/h1-2,5,20H,3-4,6H2,(H,17,21). The predicted octanol–water partition coefficient (Wildman–Crippen LogP) is 2.75. The van der Waals surface area contributed by atoms with Gasteiger partial charge < -0.3 is 10.4 Å². The van der Waals surface area contributed by atoms with E-state index in [1.54, 1.807) is 28.7 Å². The van der Waals surface area contributed by atoms with Crippen molar-refractivity contribution in [2.75, 3.05) is 13.2 Å². The van der Waals surface area contributed by atoms with Crippen LogP contribution in [0.1, 0.15) is 15.4 Å². The lowest BCUT2D eigenvalue weighted by Gasteiger charge is -2.06. The van der Waals surface area contributed by atoms with Crippen molar-refractivity contribution in [2.24, 2.45) is 0 Å². The van der Waals surface area contributed by atoms with Crippen molar-refractivity contribution in [1.82, 2.24) is 15.1 Å². The number of hydrogen-bond donors (Lipinski definition) is 2. The number of hydrogen-bond acceptors (Lipinski definition) is 4. The fourth-order valence-electron chi connectivity index (χ4n) is 1.71. The molecule has 120 valence electrons. The van der Waals surface area contributed by atoms with Crippen LogP contribution in [0, 0.1) is 0 Å². The summed E-state index contributed by atoms with van der Waals surface area (Å²) in [5.74, 6) is -0.380. The van der Waals surface area contributed by atoms with Gasteiger partial charge in [-0.25, -0.2) is 4.68 Å². The zero-order valence-electron chi connectivity index (χ0n) is 11.0. The number of thiophene rings is 1. The Balaban J connectivity index is 2.28. The number of rotatable bonds is 5. The highest BCUT2D eigenvalue weighted by Gasteiger charge is 2.35. The SMILES string of the molecule is O=C(NCCO)c1ccc(-c2cc(C(F)(F)F)n(CI)n2)s1. The van der Waals surface area contributed by atoms with Crippen molar-refractivity contribution in [3.8, 4) is 10.6 Å². The zero-order valence-corrected chi connectivity index (χ0v) is 14.0. The van der Waals surface area contributed by atoms with Gasteiger partial charge in [0.05, 0.1) is 20.9 Å². The summed E-state index contributed by atoms with van der Waals surface area (Å²) in [5.41, 5.74) is -0.646. The summed E-state index contributed by atoms with van der Waals surface area (Å²) in [6.45, 7) is -0.0628. The van der Waals surface area contributed by atoms with Gasteiger partial charge >= 0.3 is 6.18 Å². The largest absolute Gasteiger partial charge is 0.433 e. The Bertz CT molecular complexity index is 669. The highest BCUT2D eigenvalue weighted by molar-refractivity contribution is 14.1. The molecule has 1 amide bonds. The number of amides is 1. The minimum Gasteiger partial charge on any atom is -0.395 e. The first-order chi connectivity index (χ1) is 10.4. The third kappa shape index (κ3) is 3.79. The summed E-state index contributed by atoms with van der Waals surface area (Å²) < 4.78 is 39.6. The summed E-state index contributed by atoms with van der Waals surface area (Å²) in [5, 5.41) is 15.1. The molecule has 0 fully saturated rings. The summed E-state index contributed by atoms with van der Waals surface area (Å²) in [6, 6.07) is 4.04. The van der Waals surface area contributed by atoms with Crippen molar-refractivity contribution in [3.63, 3.8) is 0 Å². The Labute approximate surface area is 141 Å². The van der Waals surface area contributed by atoms with Gasteiger partial charge in [0.1, 0.15) is 11.4 Å². The van der Waals surface area contributed by atoms with Crippen LogP contribution in [0.5, 0.6) is 0 Å². The van der Waals surface area contributed by atoms with Crippen LogP contribution in [0.2, 0.25) is 0 Å². The maximum Gasteiger partial charge on any atom is 0.433 e. The van der Waals surface area contributed by atoms with Crippen LogP contribution >= 0.6 is 33.9 Å². The lowest BCUT2D eigenvalue weighted by molar-refractivity contribution is -0.143. The Morgan fingerprint density at radius 1 is 1.45 bits per heavy atom. The average Bonchev–Trinajstić information content (AvgIpc) is 3.09. The highest BCUT2D eigenvalue weighted by atomic mass is 127. The Hall–Kier alpha value is -1.14. The van der Waals surface area contributed by atoms with Crippen molar-refractivity contribution in [3.05, 3.63) is 28.8 Å². The van der Waals surface area contributed by atoms with Crippen LogP contribution in [-0.4, -0.2) is 33.9 Å². The average molecular weight is 445 g/mol. The Kier molecular flexibility index (Phi) is 5.45. The fourth-order valence-corrected chi connectivity index (χ4v) is 3.11. The molecule has 10 heteroatoms. The first-order valence-corrected chi connectivity index (χ1v) is 8.41. The maximum atomic E-state index is 12.9. The molecule has 0 aliphatic heterocycles. The molecule has 0 bridgehead atoms. The van der Waals surface area contributed by atoms with Crippen molar-refractivity contribution in [2.45, 2.75) is 10.7 Å². The van der Waals surface area contributed by atoms with Gasteiger partial charge in [-0.05, 0) is 18.2 Å². The number of aromatic nitrogens is 2. The number of aliphatic hydroxyl groups is 1. The third-order valence-electron chi connectivity index (χ3n) is 2.66. The van der Waals surface area contributed by atoms with Crippen molar-refractivity contribution >= 4 is 39.8 Å². The fraction of sp³-hybridized carbons (Fsp3) is 0.333. The van der Waals surface area contributed by atoms with Crippen molar-refractivity contribution < 1.29 is 23.1 Å². The van der Waals surface area contributed by atoms with Crippen LogP contribution < -0.4 is 5.32 Å². The molecule has 0 saturated heterocycles. The van der Waals surface area contributed by atoms with Gasteiger partial charge in [0.15, 0.2) is 0 Å². The van der Waals surface area contributed by atoms with E-state index in [-0.39, 0.29) is 29.3 Å². The van der Waals surface area contributed by atoms with E-state index in [9.17, 15) is 18.0 Å². The lowest BCUT2D eigenvalue weighted by atomic mass is 10.3. The molecule has 0 saturated carbocycles. The van der Waals surface area contributed by atoms with Crippen LogP contribution in [0.4, 0.5) is 13.2 Å². The summed E-state index contributed by atoms with van der Waals surface area (Å²) in [6.07, 6.45) is -4.48. The molecule has 0 unspecified atom stereocenters. The number of halogens is 4. The van der Waals surface area contributed by atoms with E-state index in [1.165, 1.54) is 6.07 Å². The molecule has 2 aromatic rings. The molecular weight excluding hydrogens is 434 g/mol. The normalized spacial score (nSPS) is 11.7. The van der Waals surface area contributed by atoms with Gasteiger partial charge in [-0.3, -0.25) is 4.79 Å². The minimum atomic E-state index is -4.48. The van der Waals surface area contributed by atoms with Crippen LogP contribution in [0.25, 0.3) is 10.6 Å². The molecule has 2 heterocycles.